The summed E-state index contributed by atoms with van der Waals surface area (Å²) in [7, 11) is 0. The van der Waals surface area contributed by atoms with Crippen molar-refractivity contribution in [3.8, 4) is 45.4 Å². The Morgan fingerprint density at radius 2 is 0.738 bits per heavy atom. The van der Waals surface area contributed by atoms with E-state index < -0.39 is 0 Å². The Morgan fingerprint density at radius 3 is 1.12 bits per heavy atom. The maximum Gasteiger partial charge on any atom is 0.235 e. The second kappa shape index (κ2) is 14.5. The van der Waals surface area contributed by atoms with Gasteiger partial charge in [0.1, 0.15) is 6.07 Å². The fraction of sp³-hybridized carbons (Fsp3) is 0.0667. The molecule has 65 heavy (non-hydrogen) atoms. The van der Waals surface area contributed by atoms with Gasteiger partial charge in [-0.1, -0.05) is 119 Å². The second-order valence-corrected chi connectivity index (χ2v) is 17.5. The highest BCUT2D eigenvalue weighted by molar-refractivity contribution is 6.15. The number of hydrogen-bond donors (Lipinski definition) is 0. The first kappa shape index (κ1) is 38.1. The third kappa shape index (κ3) is 5.76. The number of aryl methyl sites for hydroxylation is 4. The molecule has 12 rings (SSSR count). The fourth-order valence-corrected chi connectivity index (χ4v) is 10.3. The van der Waals surface area contributed by atoms with Gasteiger partial charge in [0.2, 0.25) is 5.69 Å². The number of hydrogen-bond acceptors (Lipinski definition) is 1. The molecule has 0 aliphatic carbocycles. The highest BCUT2D eigenvalue weighted by atomic mass is 15.1. The van der Waals surface area contributed by atoms with E-state index in [1.165, 1.54) is 0 Å². The van der Waals surface area contributed by atoms with E-state index in [1.807, 2.05) is 12.1 Å². The van der Waals surface area contributed by atoms with Crippen molar-refractivity contribution in [2.75, 3.05) is 0 Å². The van der Waals surface area contributed by atoms with Crippen molar-refractivity contribution in [2.24, 2.45) is 0 Å². The van der Waals surface area contributed by atoms with E-state index >= 15 is 0 Å². The first-order chi connectivity index (χ1) is 31.8. The molecule has 0 saturated heterocycles. The third-order valence-corrected chi connectivity index (χ3v) is 13.3. The van der Waals surface area contributed by atoms with Gasteiger partial charge in [-0.3, -0.25) is 0 Å². The minimum absolute atomic E-state index is 0.403. The lowest BCUT2D eigenvalue weighted by Crippen LogP contribution is -2.08. The Hall–Kier alpha value is -8.64. The van der Waals surface area contributed by atoms with Crippen molar-refractivity contribution in [3.05, 3.63) is 215 Å². The Balaban J connectivity index is 1.27. The summed E-state index contributed by atoms with van der Waals surface area (Å²) in [5, 5.41) is 18.3. The zero-order valence-electron chi connectivity index (χ0n) is 36.5. The van der Waals surface area contributed by atoms with Gasteiger partial charge >= 0.3 is 0 Å². The lowest BCUT2D eigenvalue weighted by molar-refractivity contribution is 1.09. The predicted molar refractivity (Wildman–Crippen MR) is 270 cm³/mol. The summed E-state index contributed by atoms with van der Waals surface area (Å²) in [6, 6.07) is 65.2. The van der Waals surface area contributed by atoms with Crippen molar-refractivity contribution in [2.45, 2.75) is 27.7 Å². The van der Waals surface area contributed by atoms with Crippen molar-refractivity contribution in [1.82, 2.24) is 13.7 Å². The molecule has 12 aromatic rings. The van der Waals surface area contributed by atoms with Crippen molar-refractivity contribution in [1.29, 1.82) is 5.26 Å². The van der Waals surface area contributed by atoms with E-state index in [4.69, 9.17) is 0 Å². The van der Waals surface area contributed by atoms with Crippen LogP contribution in [-0.2, 0) is 0 Å². The van der Waals surface area contributed by atoms with Crippen molar-refractivity contribution in [3.63, 3.8) is 0 Å². The molecule has 0 spiro atoms. The molecule has 3 aromatic heterocycles. The highest BCUT2D eigenvalue weighted by Gasteiger charge is 2.29. The summed E-state index contributed by atoms with van der Waals surface area (Å²) in [5.41, 5.74) is 17.7. The van der Waals surface area contributed by atoms with Crippen LogP contribution in [-0.4, -0.2) is 13.7 Å². The topological polar surface area (TPSA) is 42.9 Å². The molecular weight excluding hydrogens is 791 g/mol. The molecule has 0 amide bonds. The van der Waals surface area contributed by atoms with E-state index in [2.05, 4.69) is 216 Å². The smallest absolute Gasteiger partial charge is 0.235 e. The average Bonchev–Trinajstić information content (AvgIpc) is 3.95. The first-order valence-corrected chi connectivity index (χ1v) is 22.0. The van der Waals surface area contributed by atoms with E-state index in [1.54, 1.807) is 0 Å². The monoisotopic (exact) mass is 831 g/mol. The maximum atomic E-state index is 11.8. The molecule has 5 nitrogen and oxygen atoms in total. The molecule has 0 atom stereocenters. The standard InChI is InChI=1S/C60H41N5/c1-36-16-22-51-46(30-36)48-32-42(40-12-8-6-9-13-40)20-26-53(48)63(51)57-34-58(64-52-23-17-37(2)31-47(52)49-33-43(21-27-54(49)64)41-14-10-7-11-15-41)59(62-5)60(50(57)35-61)65-55-24-18-38(3)28-44(55)45-29-39(4)19-25-56(45)65/h6-34H,1-4H3. The van der Waals surface area contributed by atoms with Gasteiger partial charge in [-0.05, 0) is 129 Å². The zero-order valence-corrected chi connectivity index (χ0v) is 36.5. The summed E-state index contributed by atoms with van der Waals surface area (Å²) in [6.45, 7) is 17.7. The normalized spacial score (nSPS) is 11.7. The first-order valence-electron chi connectivity index (χ1n) is 22.0. The van der Waals surface area contributed by atoms with Crippen LogP contribution in [0.1, 0.15) is 27.8 Å². The quantitative estimate of drug-likeness (QED) is 0.159. The number of nitrogens with zero attached hydrogens (tertiary/aromatic N) is 5. The molecular formula is C60H41N5. The largest absolute Gasteiger partial charge is 0.319 e. The lowest BCUT2D eigenvalue weighted by Gasteiger charge is -2.22. The number of fused-ring (bicyclic) bond motifs is 9. The molecule has 0 aliphatic rings. The summed E-state index contributed by atoms with van der Waals surface area (Å²) in [6.07, 6.45) is 0. The summed E-state index contributed by atoms with van der Waals surface area (Å²) >= 11 is 0. The molecule has 0 saturated carbocycles. The van der Waals surface area contributed by atoms with Gasteiger partial charge in [-0.25, -0.2) is 4.85 Å². The summed E-state index contributed by atoms with van der Waals surface area (Å²) in [4.78, 5) is 4.49. The number of nitriles is 1. The van der Waals surface area contributed by atoms with E-state index in [0.29, 0.717) is 28.3 Å². The summed E-state index contributed by atoms with van der Waals surface area (Å²) < 4.78 is 6.69. The molecule has 0 bridgehead atoms. The van der Waals surface area contributed by atoms with Gasteiger partial charge in [0.25, 0.3) is 0 Å². The molecule has 0 unspecified atom stereocenters. The Labute approximate surface area is 376 Å². The Bertz CT molecular complexity index is 3790. The second-order valence-electron chi connectivity index (χ2n) is 17.5. The number of aromatic nitrogens is 3. The molecule has 5 heteroatoms. The van der Waals surface area contributed by atoms with E-state index in [-0.39, 0.29) is 0 Å². The van der Waals surface area contributed by atoms with Crippen molar-refractivity contribution < 1.29 is 0 Å². The van der Waals surface area contributed by atoms with Crippen LogP contribution in [0.3, 0.4) is 0 Å². The third-order valence-electron chi connectivity index (χ3n) is 13.3. The minimum atomic E-state index is 0.403. The van der Waals surface area contributed by atoms with Crippen LogP contribution < -0.4 is 0 Å². The van der Waals surface area contributed by atoms with Gasteiger partial charge in [-0.15, -0.1) is 0 Å². The van der Waals surface area contributed by atoms with Crippen LogP contribution in [0.4, 0.5) is 5.69 Å². The highest BCUT2D eigenvalue weighted by Crippen LogP contribution is 2.47. The van der Waals surface area contributed by atoms with Crippen LogP contribution in [0.15, 0.2) is 176 Å². The molecule has 0 fully saturated rings. The number of benzene rings is 9. The van der Waals surface area contributed by atoms with E-state index in [9.17, 15) is 11.8 Å². The lowest BCUT2D eigenvalue weighted by atomic mass is 10.0. The van der Waals surface area contributed by atoms with E-state index in [0.717, 1.165) is 110 Å². The van der Waals surface area contributed by atoms with Crippen LogP contribution in [0, 0.1) is 45.6 Å². The van der Waals surface area contributed by atoms with Crippen LogP contribution in [0.2, 0.25) is 0 Å². The number of rotatable bonds is 5. The molecule has 306 valence electrons. The van der Waals surface area contributed by atoms with Gasteiger partial charge in [-0.2, -0.15) is 5.26 Å². The molecule has 3 heterocycles. The minimum Gasteiger partial charge on any atom is -0.319 e. The molecule has 0 aliphatic heterocycles. The SMILES string of the molecule is [C-]#[N+]c1c(-n2c3ccc(C)cc3c3cc(-c4ccccc4)ccc32)cc(-n2c3ccc(C)cc3c3cc(-c4ccccc4)ccc32)c(C#N)c1-n1c2ccc(C)cc2c2cc(C)ccc21. The van der Waals surface area contributed by atoms with Crippen LogP contribution in [0.5, 0.6) is 0 Å². The maximum absolute atomic E-state index is 11.8. The van der Waals surface area contributed by atoms with Crippen LogP contribution >= 0.6 is 0 Å². The molecule has 9 aromatic carbocycles. The Kier molecular flexibility index (Phi) is 8.47. The van der Waals surface area contributed by atoms with Crippen molar-refractivity contribution >= 4 is 71.1 Å². The zero-order chi connectivity index (χ0) is 44.1. The van der Waals surface area contributed by atoms with Gasteiger partial charge in [0, 0.05) is 32.3 Å². The molecule has 0 N–H and O–H groups in total. The van der Waals surface area contributed by atoms with Gasteiger partial charge in [0.15, 0.2) is 0 Å². The fourth-order valence-electron chi connectivity index (χ4n) is 10.3. The van der Waals surface area contributed by atoms with Crippen LogP contribution in [0.25, 0.3) is 110 Å². The molecule has 0 radical (unpaired) electrons. The average molecular weight is 832 g/mol. The predicted octanol–water partition coefficient (Wildman–Crippen LogP) is 16.0. The summed E-state index contributed by atoms with van der Waals surface area (Å²) in [5.74, 6) is 0. The Morgan fingerprint density at radius 1 is 0.385 bits per heavy atom. The van der Waals surface area contributed by atoms with Gasteiger partial charge in [0.05, 0.1) is 62.3 Å². The van der Waals surface area contributed by atoms with Gasteiger partial charge < -0.3 is 13.7 Å².